The molecular weight excluding hydrogens is 613 g/mol. The van der Waals surface area contributed by atoms with Gasteiger partial charge in [-0.2, -0.15) is 9.97 Å². The molecule has 7 aromatic carbocycles. The van der Waals surface area contributed by atoms with E-state index in [2.05, 4.69) is 120 Å². The summed E-state index contributed by atoms with van der Waals surface area (Å²) in [4.78, 5) is 15.3. The Bertz CT molecular complexity index is 2850. The van der Waals surface area contributed by atoms with Gasteiger partial charge in [0.15, 0.2) is 11.6 Å². The first kappa shape index (κ1) is 28.2. The van der Waals surface area contributed by atoms with Gasteiger partial charge in [0.05, 0.1) is 11.0 Å². The third-order valence-corrected chi connectivity index (χ3v) is 9.49. The Morgan fingerprint density at radius 1 is 0.340 bits per heavy atom. The number of hydrogen-bond donors (Lipinski definition) is 0. The largest absolute Gasteiger partial charge is 0.456 e. The van der Waals surface area contributed by atoms with E-state index in [-0.39, 0.29) is 0 Å². The Kier molecular flexibility index (Phi) is 6.42. The van der Waals surface area contributed by atoms with Crippen molar-refractivity contribution >= 4 is 43.7 Å². The maximum absolute atomic E-state index is 6.25. The van der Waals surface area contributed by atoms with Gasteiger partial charge in [0, 0.05) is 32.7 Å². The van der Waals surface area contributed by atoms with Crippen LogP contribution in [0, 0.1) is 0 Å². The van der Waals surface area contributed by atoms with Crippen molar-refractivity contribution in [1.29, 1.82) is 0 Å². The molecule has 0 saturated carbocycles. The van der Waals surface area contributed by atoms with E-state index in [1.165, 1.54) is 5.56 Å². The van der Waals surface area contributed by atoms with Crippen LogP contribution >= 0.6 is 0 Å². The zero-order valence-electron chi connectivity index (χ0n) is 26.9. The molecule has 0 saturated heterocycles. The predicted molar refractivity (Wildman–Crippen MR) is 203 cm³/mol. The van der Waals surface area contributed by atoms with Gasteiger partial charge in [-0.15, -0.1) is 0 Å². The quantitative estimate of drug-likeness (QED) is 0.188. The highest BCUT2D eigenvalue weighted by Crippen LogP contribution is 2.37. The van der Waals surface area contributed by atoms with Crippen LogP contribution in [-0.2, 0) is 0 Å². The van der Waals surface area contributed by atoms with Crippen molar-refractivity contribution in [3.8, 4) is 51.0 Å². The third-order valence-electron chi connectivity index (χ3n) is 9.49. The second kappa shape index (κ2) is 11.4. The van der Waals surface area contributed by atoms with Crippen molar-refractivity contribution in [3.63, 3.8) is 0 Å². The van der Waals surface area contributed by atoms with Crippen LogP contribution < -0.4 is 0 Å². The summed E-state index contributed by atoms with van der Waals surface area (Å²) in [6, 6.07) is 58.7. The molecule has 0 fully saturated rings. The Morgan fingerprint density at radius 3 is 1.60 bits per heavy atom. The number of rotatable bonds is 5. The zero-order valence-corrected chi connectivity index (χ0v) is 26.9. The zero-order chi connectivity index (χ0) is 33.0. The molecule has 10 aromatic rings. The molecule has 5 nitrogen and oxygen atoms in total. The van der Waals surface area contributed by atoms with E-state index < -0.39 is 0 Å². The Balaban J connectivity index is 1.17. The maximum atomic E-state index is 6.25. The van der Waals surface area contributed by atoms with Crippen molar-refractivity contribution in [1.82, 2.24) is 19.5 Å². The van der Waals surface area contributed by atoms with Crippen LogP contribution in [0.1, 0.15) is 0 Å². The molecule has 234 valence electrons. The fraction of sp³-hybridized carbons (Fsp3) is 0. The molecule has 50 heavy (non-hydrogen) atoms. The number of para-hydroxylation sites is 2. The molecule has 0 aliphatic rings. The Labute approximate surface area is 287 Å². The van der Waals surface area contributed by atoms with Gasteiger partial charge in [-0.1, -0.05) is 140 Å². The molecule has 10 rings (SSSR count). The molecule has 0 N–H and O–H groups in total. The monoisotopic (exact) mass is 640 g/mol. The molecule has 0 bridgehead atoms. The minimum Gasteiger partial charge on any atom is -0.456 e. The topological polar surface area (TPSA) is 56.7 Å². The number of nitrogens with zero attached hydrogens (tertiary/aromatic N) is 4. The SMILES string of the molecule is c1ccc(-c2ccc(-c3nc(-c4ccccc4)nc(-n4c5ccccc5c5ccc(-c6ccc7c(c6)oc6ccccc67)cc54)n3)cc2)cc1. The fourth-order valence-corrected chi connectivity index (χ4v) is 7.02. The highest BCUT2D eigenvalue weighted by molar-refractivity contribution is 6.10. The van der Waals surface area contributed by atoms with Gasteiger partial charge in [0.2, 0.25) is 5.95 Å². The molecule has 3 heterocycles. The Morgan fingerprint density at radius 2 is 0.840 bits per heavy atom. The summed E-state index contributed by atoms with van der Waals surface area (Å²) >= 11 is 0. The molecule has 3 aromatic heterocycles. The Hall–Kier alpha value is -6.85. The fourth-order valence-electron chi connectivity index (χ4n) is 7.02. The molecule has 0 aliphatic carbocycles. The summed E-state index contributed by atoms with van der Waals surface area (Å²) in [6.45, 7) is 0. The van der Waals surface area contributed by atoms with Crippen molar-refractivity contribution in [3.05, 3.63) is 170 Å². The average molecular weight is 641 g/mol. The second-order valence-electron chi connectivity index (χ2n) is 12.5. The van der Waals surface area contributed by atoms with Gasteiger partial charge >= 0.3 is 0 Å². The number of fused-ring (bicyclic) bond motifs is 6. The number of benzene rings is 7. The first-order valence-electron chi connectivity index (χ1n) is 16.7. The van der Waals surface area contributed by atoms with E-state index in [0.29, 0.717) is 17.6 Å². The van der Waals surface area contributed by atoms with E-state index in [0.717, 1.165) is 71.6 Å². The van der Waals surface area contributed by atoms with Crippen LogP contribution in [-0.4, -0.2) is 19.5 Å². The minimum absolute atomic E-state index is 0.567. The van der Waals surface area contributed by atoms with Crippen LogP contribution in [0.5, 0.6) is 0 Å². The highest BCUT2D eigenvalue weighted by Gasteiger charge is 2.19. The van der Waals surface area contributed by atoms with Crippen molar-refractivity contribution in [2.75, 3.05) is 0 Å². The number of aromatic nitrogens is 4. The van der Waals surface area contributed by atoms with Gasteiger partial charge < -0.3 is 4.42 Å². The van der Waals surface area contributed by atoms with Crippen LogP contribution in [0.25, 0.3) is 94.7 Å². The third kappa shape index (κ3) is 4.67. The lowest BCUT2D eigenvalue weighted by molar-refractivity contribution is 0.669. The van der Waals surface area contributed by atoms with E-state index in [1.54, 1.807) is 0 Å². The molecular formula is C45H28N4O. The summed E-state index contributed by atoms with van der Waals surface area (Å²) in [5.41, 5.74) is 10.1. The van der Waals surface area contributed by atoms with Crippen molar-refractivity contribution in [2.45, 2.75) is 0 Å². The predicted octanol–water partition coefficient (Wildman–Crippen LogP) is 11.5. The van der Waals surface area contributed by atoms with E-state index in [4.69, 9.17) is 19.4 Å². The lowest BCUT2D eigenvalue weighted by atomic mass is 10.0. The molecule has 0 aliphatic heterocycles. The summed E-state index contributed by atoms with van der Waals surface area (Å²) in [7, 11) is 0. The smallest absolute Gasteiger partial charge is 0.238 e. The normalized spacial score (nSPS) is 11.6. The summed E-state index contributed by atoms with van der Waals surface area (Å²) in [5, 5.41) is 4.50. The van der Waals surface area contributed by atoms with Gasteiger partial charge in [-0.3, -0.25) is 4.57 Å². The molecule has 0 unspecified atom stereocenters. The van der Waals surface area contributed by atoms with Gasteiger partial charge in [-0.05, 0) is 52.6 Å². The minimum atomic E-state index is 0.567. The number of hydrogen-bond acceptors (Lipinski definition) is 4. The molecule has 0 atom stereocenters. The number of furan rings is 1. The van der Waals surface area contributed by atoms with Gasteiger partial charge in [-0.25, -0.2) is 4.98 Å². The second-order valence-corrected chi connectivity index (χ2v) is 12.5. The lowest BCUT2D eigenvalue weighted by Gasteiger charge is -2.12. The standard InChI is InChI=1S/C45H28N4O/c1-3-11-29(12-4-1)30-19-21-32(22-20-30)44-46-43(31-13-5-2-6-14-31)47-45(48-44)49-39-17-9-7-15-35(39)36-25-23-33(27-40(36)49)34-24-26-38-37-16-8-10-18-41(37)50-42(38)28-34/h1-28H. The average Bonchev–Trinajstić information content (AvgIpc) is 3.73. The highest BCUT2D eigenvalue weighted by atomic mass is 16.3. The summed E-state index contributed by atoms with van der Waals surface area (Å²) < 4.78 is 8.42. The maximum Gasteiger partial charge on any atom is 0.238 e. The van der Waals surface area contributed by atoms with E-state index >= 15 is 0 Å². The van der Waals surface area contributed by atoms with Crippen LogP contribution in [0.4, 0.5) is 0 Å². The summed E-state index contributed by atoms with van der Waals surface area (Å²) in [6.07, 6.45) is 0. The first-order valence-corrected chi connectivity index (χ1v) is 16.7. The molecule has 0 amide bonds. The van der Waals surface area contributed by atoms with E-state index in [1.807, 2.05) is 54.6 Å². The first-order chi connectivity index (χ1) is 24.8. The van der Waals surface area contributed by atoms with Gasteiger partial charge in [0.25, 0.3) is 0 Å². The van der Waals surface area contributed by atoms with E-state index in [9.17, 15) is 0 Å². The van der Waals surface area contributed by atoms with Crippen LogP contribution in [0.15, 0.2) is 174 Å². The van der Waals surface area contributed by atoms with Crippen molar-refractivity contribution < 1.29 is 4.42 Å². The van der Waals surface area contributed by atoms with Gasteiger partial charge in [0.1, 0.15) is 11.2 Å². The van der Waals surface area contributed by atoms with Crippen molar-refractivity contribution in [2.24, 2.45) is 0 Å². The van der Waals surface area contributed by atoms with Crippen LogP contribution in [0.2, 0.25) is 0 Å². The molecule has 0 radical (unpaired) electrons. The van der Waals surface area contributed by atoms with Crippen LogP contribution in [0.3, 0.4) is 0 Å². The summed E-state index contributed by atoms with van der Waals surface area (Å²) in [5.74, 6) is 1.80. The molecule has 5 heteroatoms. The molecule has 0 spiro atoms. The lowest BCUT2D eigenvalue weighted by Crippen LogP contribution is -2.06.